The van der Waals surface area contributed by atoms with Crippen LogP contribution in [0.3, 0.4) is 0 Å². The summed E-state index contributed by atoms with van der Waals surface area (Å²) in [6, 6.07) is 7.09. The first kappa shape index (κ1) is 17.3. The highest BCUT2D eigenvalue weighted by molar-refractivity contribution is 7.98. The van der Waals surface area contributed by atoms with E-state index in [1.807, 2.05) is 12.4 Å². The summed E-state index contributed by atoms with van der Waals surface area (Å²) < 4.78 is 43.8. The number of aromatic nitrogens is 7. The summed E-state index contributed by atoms with van der Waals surface area (Å²) in [5, 5.41) is 11.9. The zero-order valence-corrected chi connectivity index (χ0v) is 14.2. The van der Waals surface area contributed by atoms with E-state index in [9.17, 15) is 13.2 Å². The predicted molar refractivity (Wildman–Crippen MR) is 88.4 cm³/mol. The molecule has 0 fully saturated rings. The maximum atomic E-state index is 12.2. The van der Waals surface area contributed by atoms with Crippen LogP contribution in [0.4, 0.5) is 13.2 Å². The van der Waals surface area contributed by atoms with Crippen LogP contribution in [0.25, 0.3) is 11.5 Å². The van der Waals surface area contributed by atoms with Gasteiger partial charge in [-0.05, 0) is 40.8 Å². The number of fused-ring (bicyclic) bond motifs is 1. The quantitative estimate of drug-likeness (QED) is 0.482. The molecule has 0 amide bonds. The van der Waals surface area contributed by atoms with Gasteiger partial charge in [-0.1, -0.05) is 11.8 Å². The van der Waals surface area contributed by atoms with E-state index in [1.54, 1.807) is 16.7 Å². The molecule has 0 saturated heterocycles. The summed E-state index contributed by atoms with van der Waals surface area (Å²) in [4.78, 5) is 8.54. The van der Waals surface area contributed by atoms with Gasteiger partial charge >= 0.3 is 6.36 Å². The van der Waals surface area contributed by atoms with E-state index in [1.165, 1.54) is 40.7 Å². The minimum absolute atomic E-state index is 0.314. The maximum absolute atomic E-state index is 12.2. The van der Waals surface area contributed by atoms with Gasteiger partial charge in [0.25, 0.3) is 0 Å². The van der Waals surface area contributed by atoms with Crippen molar-refractivity contribution in [2.45, 2.75) is 17.3 Å². The molecule has 3 aromatic heterocycles. The molecule has 0 atom stereocenters. The Bertz CT molecular complexity index is 1030. The third kappa shape index (κ3) is 4.00. The summed E-state index contributed by atoms with van der Waals surface area (Å²) in [6.07, 6.45) is 0.622. The van der Waals surface area contributed by atoms with Crippen molar-refractivity contribution in [3.8, 4) is 11.4 Å². The number of ether oxygens (including phenoxy) is 1. The average Bonchev–Trinajstić information content (AvgIpc) is 3.25. The fraction of sp³-hybridized carbons (Fsp3) is 0.133. The van der Waals surface area contributed by atoms with Crippen LogP contribution >= 0.6 is 11.8 Å². The number of nitrogens with zero attached hydrogens (tertiary/aromatic N) is 7. The van der Waals surface area contributed by atoms with Crippen molar-refractivity contribution in [3.63, 3.8) is 0 Å². The van der Waals surface area contributed by atoms with Crippen molar-refractivity contribution in [1.82, 2.24) is 34.6 Å². The molecular formula is C15H10F3N7OS. The highest BCUT2D eigenvalue weighted by atomic mass is 32.2. The summed E-state index contributed by atoms with van der Waals surface area (Å²) in [5.41, 5.74) is 1.30. The lowest BCUT2D eigenvalue weighted by Crippen LogP contribution is -2.17. The number of hydrogen-bond acceptors (Lipinski definition) is 7. The van der Waals surface area contributed by atoms with Gasteiger partial charge in [-0.15, -0.1) is 18.3 Å². The van der Waals surface area contributed by atoms with Crippen LogP contribution in [0.5, 0.6) is 5.75 Å². The molecule has 4 rings (SSSR count). The van der Waals surface area contributed by atoms with Gasteiger partial charge in [0.05, 0.1) is 11.4 Å². The summed E-state index contributed by atoms with van der Waals surface area (Å²) >= 11 is 1.34. The Kier molecular flexibility index (Phi) is 4.39. The molecule has 0 saturated carbocycles. The lowest BCUT2D eigenvalue weighted by atomic mass is 10.3. The first-order valence-electron chi connectivity index (χ1n) is 7.54. The zero-order valence-electron chi connectivity index (χ0n) is 13.4. The number of thioether (sulfide) groups is 1. The lowest BCUT2D eigenvalue weighted by molar-refractivity contribution is -0.274. The van der Waals surface area contributed by atoms with Gasteiger partial charge in [0.15, 0.2) is 0 Å². The van der Waals surface area contributed by atoms with E-state index in [2.05, 4.69) is 30.2 Å². The smallest absolute Gasteiger partial charge is 0.406 e. The minimum atomic E-state index is -4.74. The van der Waals surface area contributed by atoms with Crippen molar-refractivity contribution < 1.29 is 17.9 Å². The second-order valence-electron chi connectivity index (χ2n) is 5.26. The summed E-state index contributed by atoms with van der Waals surface area (Å²) in [7, 11) is 0. The van der Waals surface area contributed by atoms with E-state index in [0.717, 1.165) is 5.69 Å². The standard InChI is InChI=1S/C15H10F3N7OS/c16-15(17,18)26-12-4-2-11(3-5-12)25-14(21-22-23-25)27-9-10-8-24-7-1-6-19-13(24)20-10/h1-8H,9H2. The highest BCUT2D eigenvalue weighted by Crippen LogP contribution is 2.26. The third-order valence-electron chi connectivity index (χ3n) is 3.39. The minimum Gasteiger partial charge on any atom is -0.406 e. The fourth-order valence-corrected chi connectivity index (χ4v) is 3.08. The van der Waals surface area contributed by atoms with Gasteiger partial charge in [-0.3, -0.25) is 4.40 Å². The van der Waals surface area contributed by atoms with Crippen LogP contribution in [-0.2, 0) is 5.75 Å². The molecule has 4 aromatic rings. The van der Waals surface area contributed by atoms with Crippen molar-refractivity contribution in [1.29, 1.82) is 0 Å². The van der Waals surface area contributed by atoms with Gasteiger partial charge in [0.2, 0.25) is 10.9 Å². The van der Waals surface area contributed by atoms with E-state index in [4.69, 9.17) is 0 Å². The van der Waals surface area contributed by atoms with Crippen molar-refractivity contribution in [2.75, 3.05) is 0 Å². The molecule has 0 N–H and O–H groups in total. The van der Waals surface area contributed by atoms with Gasteiger partial charge < -0.3 is 4.74 Å². The molecule has 12 heteroatoms. The molecule has 0 aliphatic rings. The van der Waals surface area contributed by atoms with Crippen LogP contribution in [0.2, 0.25) is 0 Å². The van der Waals surface area contributed by atoms with Crippen molar-refractivity contribution >= 4 is 17.5 Å². The van der Waals surface area contributed by atoms with E-state index in [0.29, 0.717) is 22.4 Å². The first-order valence-corrected chi connectivity index (χ1v) is 8.52. The zero-order chi connectivity index (χ0) is 18.9. The fourth-order valence-electron chi connectivity index (χ4n) is 2.31. The summed E-state index contributed by atoms with van der Waals surface area (Å²) in [6.45, 7) is 0. The second-order valence-corrected chi connectivity index (χ2v) is 6.21. The molecule has 27 heavy (non-hydrogen) atoms. The maximum Gasteiger partial charge on any atom is 0.573 e. The molecule has 138 valence electrons. The average molecular weight is 393 g/mol. The Morgan fingerprint density at radius 3 is 2.70 bits per heavy atom. The molecule has 0 spiro atoms. The van der Waals surface area contributed by atoms with Crippen molar-refractivity contribution in [3.05, 3.63) is 54.6 Å². The molecule has 0 radical (unpaired) electrons. The van der Waals surface area contributed by atoms with Crippen LogP contribution in [0, 0.1) is 0 Å². The van der Waals surface area contributed by atoms with E-state index >= 15 is 0 Å². The normalized spacial score (nSPS) is 11.8. The van der Waals surface area contributed by atoms with Gasteiger partial charge in [0.1, 0.15) is 5.75 Å². The van der Waals surface area contributed by atoms with E-state index < -0.39 is 6.36 Å². The second kappa shape index (κ2) is 6.87. The van der Waals surface area contributed by atoms with Crippen LogP contribution in [0.1, 0.15) is 5.69 Å². The molecule has 3 heterocycles. The Morgan fingerprint density at radius 2 is 1.96 bits per heavy atom. The SMILES string of the molecule is FC(F)(F)Oc1ccc(-n2nnnc2SCc2cn3cccnc3n2)cc1. The monoisotopic (exact) mass is 393 g/mol. The third-order valence-corrected chi connectivity index (χ3v) is 4.34. The van der Waals surface area contributed by atoms with Gasteiger partial charge in [-0.2, -0.15) is 4.68 Å². The lowest BCUT2D eigenvalue weighted by Gasteiger charge is -2.09. The largest absolute Gasteiger partial charge is 0.573 e. The highest BCUT2D eigenvalue weighted by Gasteiger charge is 2.31. The molecule has 8 nitrogen and oxygen atoms in total. The molecular weight excluding hydrogens is 383 g/mol. The molecule has 0 unspecified atom stereocenters. The number of tetrazole rings is 1. The number of halogens is 3. The van der Waals surface area contributed by atoms with Crippen molar-refractivity contribution in [2.24, 2.45) is 0 Å². The Hall–Kier alpha value is -3.15. The van der Waals surface area contributed by atoms with Gasteiger partial charge in [0, 0.05) is 24.3 Å². The summed E-state index contributed by atoms with van der Waals surface area (Å²) in [5.74, 6) is 0.776. The predicted octanol–water partition coefficient (Wildman–Crippen LogP) is 2.90. The molecule has 0 aliphatic heterocycles. The van der Waals surface area contributed by atoms with Crippen LogP contribution in [-0.4, -0.2) is 40.9 Å². The van der Waals surface area contributed by atoms with Crippen LogP contribution < -0.4 is 4.74 Å². The number of rotatable bonds is 5. The molecule has 1 aromatic carbocycles. The number of hydrogen-bond donors (Lipinski definition) is 0. The van der Waals surface area contributed by atoms with Gasteiger partial charge in [-0.25, -0.2) is 9.97 Å². The molecule has 0 aliphatic carbocycles. The first-order chi connectivity index (χ1) is 13.0. The Labute approximate surface area is 154 Å². The number of imidazole rings is 1. The topological polar surface area (TPSA) is 83.0 Å². The molecule has 0 bridgehead atoms. The number of alkyl halides is 3. The Balaban J connectivity index is 1.49. The Morgan fingerprint density at radius 1 is 1.15 bits per heavy atom. The van der Waals surface area contributed by atoms with E-state index in [-0.39, 0.29) is 5.75 Å². The van der Waals surface area contributed by atoms with Crippen LogP contribution in [0.15, 0.2) is 54.1 Å². The number of benzene rings is 1.